The van der Waals surface area contributed by atoms with E-state index in [1.807, 2.05) is 24.5 Å². The number of nitrogens with zero attached hydrogens (tertiary/aromatic N) is 1. The number of fused-ring (bicyclic) bond motifs is 1. The molecular formula is C19H30N2O3. The Morgan fingerprint density at radius 3 is 2.46 bits per heavy atom. The van der Waals surface area contributed by atoms with Crippen molar-refractivity contribution in [3.8, 4) is 0 Å². The molecular weight excluding hydrogens is 304 g/mol. The van der Waals surface area contributed by atoms with E-state index in [-0.39, 0.29) is 23.7 Å². The predicted octanol–water partition coefficient (Wildman–Crippen LogP) is 2.34. The number of aromatic nitrogens is 1. The molecule has 1 saturated carbocycles. The highest BCUT2D eigenvalue weighted by molar-refractivity contribution is 5.18. The summed E-state index contributed by atoms with van der Waals surface area (Å²) < 4.78 is 13.8. The second-order valence-electron chi connectivity index (χ2n) is 7.14. The third kappa shape index (κ3) is 3.73. The van der Waals surface area contributed by atoms with E-state index < -0.39 is 0 Å². The van der Waals surface area contributed by atoms with Gasteiger partial charge in [0.15, 0.2) is 0 Å². The van der Waals surface area contributed by atoms with E-state index in [1.165, 1.54) is 0 Å². The van der Waals surface area contributed by atoms with Gasteiger partial charge in [-0.2, -0.15) is 0 Å². The van der Waals surface area contributed by atoms with Gasteiger partial charge in [-0.05, 0) is 58.4 Å². The number of pyridine rings is 1. The Balaban J connectivity index is 1.64. The topological polar surface area (TPSA) is 66.5 Å². The van der Waals surface area contributed by atoms with Crippen molar-refractivity contribution in [2.45, 2.75) is 76.7 Å². The summed E-state index contributed by atoms with van der Waals surface area (Å²) in [6.07, 6.45) is 6.61. The summed E-state index contributed by atoms with van der Waals surface area (Å²) in [7, 11) is 0. The van der Waals surface area contributed by atoms with Crippen LogP contribution in [0.2, 0.25) is 0 Å². The summed E-state index contributed by atoms with van der Waals surface area (Å²) in [5.41, 5.74) is 8.27. The van der Waals surface area contributed by atoms with Crippen LogP contribution in [-0.2, 0) is 15.9 Å². The van der Waals surface area contributed by atoms with E-state index in [0.717, 1.165) is 56.4 Å². The zero-order valence-electron chi connectivity index (χ0n) is 14.9. The number of hydrogen-bond donors (Lipinski definition) is 1. The first-order valence-corrected chi connectivity index (χ1v) is 9.30. The van der Waals surface area contributed by atoms with Crippen molar-refractivity contribution in [2.75, 3.05) is 13.2 Å². The Morgan fingerprint density at radius 2 is 1.79 bits per heavy atom. The lowest BCUT2D eigenvalue weighted by atomic mass is 9.94. The fraction of sp³-hybridized carbons (Fsp3) is 0.737. The highest BCUT2D eigenvalue weighted by atomic mass is 16.5. The lowest BCUT2D eigenvalue weighted by molar-refractivity contribution is -0.0393. The van der Waals surface area contributed by atoms with Crippen molar-refractivity contribution >= 4 is 0 Å². The maximum atomic E-state index is 12.6. The van der Waals surface area contributed by atoms with Crippen LogP contribution in [0, 0.1) is 6.92 Å². The summed E-state index contributed by atoms with van der Waals surface area (Å²) in [6.45, 7) is 5.22. The third-order valence-corrected chi connectivity index (χ3v) is 5.48. The molecule has 2 aliphatic rings. The van der Waals surface area contributed by atoms with Gasteiger partial charge in [-0.1, -0.05) is 6.07 Å². The fourth-order valence-electron chi connectivity index (χ4n) is 3.99. The highest BCUT2D eigenvalue weighted by Crippen LogP contribution is 2.27. The van der Waals surface area contributed by atoms with Crippen molar-refractivity contribution in [2.24, 2.45) is 5.73 Å². The molecule has 5 nitrogen and oxygen atoms in total. The van der Waals surface area contributed by atoms with Crippen LogP contribution in [0.15, 0.2) is 16.9 Å². The molecule has 0 radical (unpaired) electrons. The Labute approximate surface area is 144 Å². The van der Waals surface area contributed by atoms with Gasteiger partial charge in [0.2, 0.25) is 0 Å². The van der Waals surface area contributed by atoms with Crippen LogP contribution in [0.3, 0.4) is 0 Å². The minimum absolute atomic E-state index is 0.0169. The summed E-state index contributed by atoms with van der Waals surface area (Å²) >= 11 is 0. The monoisotopic (exact) mass is 334 g/mol. The molecule has 0 bridgehead atoms. The molecule has 1 fully saturated rings. The highest BCUT2D eigenvalue weighted by Gasteiger charge is 2.30. The molecule has 24 heavy (non-hydrogen) atoms. The van der Waals surface area contributed by atoms with Gasteiger partial charge in [0.05, 0.1) is 24.9 Å². The summed E-state index contributed by atoms with van der Waals surface area (Å²) in [4.78, 5) is 12.6. The van der Waals surface area contributed by atoms with E-state index in [4.69, 9.17) is 15.2 Å². The number of rotatable bonds is 5. The van der Waals surface area contributed by atoms with Crippen LogP contribution >= 0.6 is 0 Å². The molecule has 1 aromatic rings. The van der Waals surface area contributed by atoms with E-state index in [2.05, 4.69) is 6.07 Å². The molecule has 0 aromatic carbocycles. The Bertz CT molecular complexity index is 605. The molecule has 2 heterocycles. The SMILES string of the molecule is CCOC1CCC(OCC2C(N)CCc3ccc(C)c(=O)n32)CC1. The zero-order chi connectivity index (χ0) is 17.1. The van der Waals surface area contributed by atoms with E-state index in [9.17, 15) is 4.79 Å². The smallest absolute Gasteiger partial charge is 0.254 e. The van der Waals surface area contributed by atoms with Gasteiger partial charge >= 0.3 is 0 Å². The average molecular weight is 334 g/mol. The lowest BCUT2D eigenvalue weighted by Crippen LogP contribution is -2.46. The third-order valence-electron chi connectivity index (χ3n) is 5.48. The van der Waals surface area contributed by atoms with Gasteiger partial charge in [-0.3, -0.25) is 4.79 Å². The summed E-state index contributed by atoms with van der Waals surface area (Å²) in [5.74, 6) is 0. The molecule has 1 aliphatic heterocycles. The van der Waals surface area contributed by atoms with Crippen molar-refractivity contribution in [1.29, 1.82) is 0 Å². The Kier molecular flexibility index (Phi) is 5.74. The normalized spacial score (nSPS) is 30.1. The van der Waals surface area contributed by atoms with Gasteiger partial charge in [-0.15, -0.1) is 0 Å². The first-order valence-electron chi connectivity index (χ1n) is 9.30. The van der Waals surface area contributed by atoms with Crippen LogP contribution in [0.4, 0.5) is 0 Å². The van der Waals surface area contributed by atoms with Gasteiger partial charge < -0.3 is 19.8 Å². The molecule has 0 spiro atoms. The van der Waals surface area contributed by atoms with Crippen molar-refractivity contribution in [1.82, 2.24) is 4.57 Å². The van der Waals surface area contributed by atoms with E-state index >= 15 is 0 Å². The van der Waals surface area contributed by atoms with E-state index in [1.54, 1.807) is 0 Å². The number of hydrogen-bond acceptors (Lipinski definition) is 4. The molecule has 2 N–H and O–H groups in total. The van der Waals surface area contributed by atoms with Gasteiger partial charge in [0.1, 0.15) is 0 Å². The average Bonchev–Trinajstić information content (AvgIpc) is 2.59. The standard InChI is InChI=1S/C19H30N2O3/c1-3-23-15-7-9-16(10-8-15)24-12-18-17(20)11-6-14-5-4-13(2)19(22)21(14)18/h4-5,15-18H,3,6-12,20H2,1-2H3. The van der Waals surface area contributed by atoms with E-state index in [0.29, 0.717) is 12.7 Å². The van der Waals surface area contributed by atoms with Crippen LogP contribution in [0.1, 0.15) is 56.3 Å². The summed E-state index contributed by atoms with van der Waals surface area (Å²) in [6, 6.07) is 3.91. The second-order valence-corrected chi connectivity index (χ2v) is 7.14. The molecule has 1 aliphatic carbocycles. The fourth-order valence-corrected chi connectivity index (χ4v) is 3.99. The maximum Gasteiger partial charge on any atom is 0.254 e. The lowest BCUT2D eigenvalue weighted by Gasteiger charge is -2.35. The Morgan fingerprint density at radius 1 is 1.12 bits per heavy atom. The minimum atomic E-state index is -0.0502. The molecule has 0 saturated heterocycles. The number of ether oxygens (including phenoxy) is 2. The molecule has 5 heteroatoms. The van der Waals surface area contributed by atoms with Crippen LogP contribution in [0.5, 0.6) is 0 Å². The first-order chi connectivity index (χ1) is 11.6. The van der Waals surface area contributed by atoms with Crippen molar-refractivity contribution in [3.05, 3.63) is 33.7 Å². The molecule has 1 aromatic heterocycles. The Hall–Kier alpha value is -1.17. The molecule has 2 unspecified atom stereocenters. The summed E-state index contributed by atoms with van der Waals surface area (Å²) in [5, 5.41) is 0. The number of aryl methyl sites for hydroxylation is 2. The molecule has 3 rings (SSSR count). The minimum Gasteiger partial charge on any atom is -0.379 e. The first kappa shape index (κ1) is 17.6. The van der Waals surface area contributed by atoms with Gasteiger partial charge in [0.25, 0.3) is 5.56 Å². The quantitative estimate of drug-likeness (QED) is 0.897. The van der Waals surface area contributed by atoms with Crippen molar-refractivity contribution in [3.63, 3.8) is 0 Å². The predicted molar refractivity (Wildman–Crippen MR) is 94.4 cm³/mol. The molecule has 134 valence electrons. The van der Waals surface area contributed by atoms with Gasteiger partial charge in [0, 0.05) is 23.9 Å². The van der Waals surface area contributed by atoms with Crippen LogP contribution in [-0.4, -0.2) is 36.0 Å². The van der Waals surface area contributed by atoms with Crippen molar-refractivity contribution < 1.29 is 9.47 Å². The van der Waals surface area contributed by atoms with Crippen LogP contribution in [0.25, 0.3) is 0 Å². The maximum absolute atomic E-state index is 12.6. The molecule has 2 atom stereocenters. The zero-order valence-corrected chi connectivity index (χ0v) is 14.9. The van der Waals surface area contributed by atoms with Gasteiger partial charge in [-0.25, -0.2) is 0 Å². The number of nitrogens with two attached hydrogens (primary N) is 1. The largest absolute Gasteiger partial charge is 0.379 e. The van der Waals surface area contributed by atoms with Crippen LogP contribution < -0.4 is 11.3 Å². The second kappa shape index (κ2) is 7.81. The molecule has 0 amide bonds.